The van der Waals surface area contributed by atoms with Gasteiger partial charge in [-0.3, -0.25) is 4.40 Å². The number of nitrogens with two attached hydrogens (primary N) is 1. The molecule has 6 heteroatoms. The summed E-state index contributed by atoms with van der Waals surface area (Å²) in [5.74, 6) is 1.62. The number of hydrogen-bond acceptors (Lipinski definition) is 5. The molecule has 5 nitrogen and oxygen atoms in total. The van der Waals surface area contributed by atoms with E-state index in [4.69, 9.17) is 10.8 Å². The first-order chi connectivity index (χ1) is 8.83. The first-order valence-electron chi connectivity index (χ1n) is 6.33. The Hall–Kier alpha value is -1.11. The van der Waals surface area contributed by atoms with Crippen molar-refractivity contribution in [2.75, 3.05) is 24.6 Å². The third kappa shape index (κ3) is 1.90. The molecule has 1 aliphatic heterocycles. The van der Waals surface area contributed by atoms with Gasteiger partial charge in [-0.1, -0.05) is 0 Å². The van der Waals surface area contributed by atoms with Crippen LogP contribution in [0, 0.1) is 5.92 Å². The van der Waals surface area contributed by atoms with Crippen LogP contribution < -0.4 is 10.6 Å². The van der Waals surface area contributed by atoms with Crippen LogP contribution in [-0.4, -0.2) is 34.2 Å². The second-order valence-electron chi connectivity index (χ2n) is 4.75. The predicted octanol–water partition coefficient (Wildman–Crippen LogP) is 1.06. The fourth-order valence-corrected chi connectivity index (χ4v) is 3.44. The van der Waals surface area contributed by atoms with Crippen molar-refractivity contribution >= 4 is 22.1 Å². The summed E-state index contributed by atoms with van der Waals surface area (Å²) < 4.78 is 2.08. The molecular weight excluding hydrogens is 248 g/mol. The normalized spacial score (nSPS) is 20.1. The molecular formula is C12H18N4OS. The number of hydrogen-bond donors (Lipinski definition) is 2. The Balaban J connectivity index is 1.88. The second-order valence-corrected chi connectivity index (χ2v) is 5.63. The molecule has 2 aromatic heterocycles. The van der Waals surface area contributed by atoms with Crippen molar-refractivity contribution in [1.29, 1.82) is 0 Å². The van der Waals surface area contributed by atoms with Crippen LogP contribution in [0.5, 0.6) is 0 Å². The average Bonchev–Trinajstić information content (AvgIpc) is 3.01. The lowest BCUT2D eigenvalue weighted by Crippen LogP contribution is -2.22. The molecule has 1 saturated heterocycles. The van der Waals surface area contributed by atoms with E-state index in [0.717, 1.165) is 42.4 Å². The predicted molar refractivity (Wildman–Crippen MR) is 73.0 cm³/mol. The van der Waals surface area contributed by atoms with Gasteiger partial charge in [-0.25, -0.2) is 4.98 Å². The maximum absolute atomic E-state index is 9.01. The van der Waals surface area contributed by atoms with Gasteiger partial charge in [0.05, 0.1) is 5.69 Å². The maximum atomic E-state index is 9.01. The molecule has 3 rings (SSSR count). The summed E-state index contributed by atoms with van der Waals surface area (Å²) >= 11 is 1.64. The molecule has 0 spiro atoms. The molecule has 1 atom stereocenters. The summed E-state index contributed by atoms with van der Waals surface area (Å²) in [7, 11) is 0. The molecule has 0 aromatic carbocycles. The lowest BCUT2D eigenvalue weighted by atomic mass is 10.1. The fraction of sp³-hybridized carbons (Fsp3) is 0.583. The maximum Gasteiger partial charge on any atom is 0.195 e. The Kier molecular flexibility index (Phi) is 3.23. The molecule has 1 fully saturated rings. The third-order valence-corrected chi connectivity index (χ3v) is 4.41. The summed E-state index contributed by atoms with van der Waals surface area (Å²) in [5, 5.41) is 11.0. The molecule has 3 N–H and O–H groups in total. The largest absolute Gasteiger partial charge is 0.396 e. The van der Waals surface area contributed by atoms with Crippen LogP contribution in [-0.2, 0) is 6.54 Å². The van der Waals surface area contributed by atoms with Gasteiger partial charge in [0.1, 0.15) is 0 Å². The van der Waals surface area contributed by atoms with Crippen LogP contribution in [0.2, 0.25) is 0 Å². The van der Waals surface area contributed by atoms with Crippen molar-refractivity contribution in [2.24, 2.45) is 11.7 Å². The number of imidazole rings is 1. The van der Waals surface area contributed by atoms with Crippen molar-refractivity contribution < 1.29 is 5.11 Å². The molecule has 3 heterocycles. The minimum Gasteiger partial charge on any atom is -0.396 e. The summed E-state index contributed by atoms with van der Waals surface area (Å²) in [6, 6.07) is 0. The van der Waals surface area contributed by atoms with Gasteiger partial charge in [0.25, 0.3) is 0 Å². The molecule has 18 heavy (non-hydrogen) atoms. The zero-order chi connectivity index (χ0) is 12.5. The van der Waals surface area contributed by atoms with Gasteiger partial charge in [0.15, 0.2) is 10.8 Å². The van der Waals surface area contributed by atoms with E-state index in [1.54, 1.807) is 11.3 Å². The standard InChI is InChI=1S/C12H18N4OS/c13-7-10-11(14-12-16(10)4-6-18-12)15-3-1-9(8-15)2-5-17/h4,6,9,17H,1-3,5,7-8,13H2. The quantitative estimate of drug-likeness (QED) is 0.868. The van der Waals surface area contributed by atoms with Gasteiger partial charge in [-0.05, 0) is 18.8 Å². The van der Waals surface area contributed by atoms with E-state index in [1.165, 1.54) is 0 Å². The zero-order valence-electron chi connectivity index (χ0n) is 10.2. The molecule has 98 valence electrons. The van der Waals surface area contributed by atoms with Gasteiger partial charge in [0, 0.05) is 37.8 Å². The molecule has 2 aromatic rings. The van der Waals surface area contributed by atoms with Crippen molar-refractivity contribution in [2.45, 2.75) is 19.4 Å². The van der Waals surface area contributed by atoms with E-state index in [9.17, 15) is 0 Å². The fourth-order valence-electron chi connectivity index (χ4n) is 2.71. The van der Waals surface area contributed by atoms with E-state index in [2.05, 4.69) is 14.3 Å². The number of aliphatic hydroxyl groups is 1. The lowest BCUT2D eigenvalue weighted by Gasteiger charge is -2.17. The molecule has 0 saturated carbocycles. The van der Waals surface area contributed by atoms with E-state index in [0.29, 0.717) is 12.5 Å². The number of aliphatic hydroxyl groups excluding tert-OH is 1. The molecule has 0 amide bonds. The number of nitrogens with zero attached hydrogens (tertiary/aromatic N) is 3. The summed E-state index contributed by atoms with van der Waals surface area (Å²) in [6.07, 6.45) is 4.05. The van der Waals surface area contributed by atoms with Crippen molar-refractivity contribution in [1.82, 2.24) is 9.38 Å². The third-order valence-electron chi connectivity index (χ3n) is 3.66. The topological polar surface area (TPSA) is 66.8 Å². The monoisotopic (exact) mass is 266 g/mol. The summed E-state index contributed by atoms with van der Waals surface area (Å²) in [6.45, 7) is 2.79. The number of thiazole rings is 1. The van der Waals surface area contributed by atoms with E-state index >= 15 is 0 Å². The number of anilines is 1. The van der Waals surface area contributed by atoms with Gasteiger partial charge in [0.2, 0.25) is 0 Å². The Morgan fingerprint density at radius 1 is 1.56 bits per heavy atom. The Labute approximate surface area is 110 Å². The Morgan fingerprint density at radius 2 is 2.44 bits per heavy atom. The van der Waals surface area contributed by atoms with Crippen LogP contribution in [0.25, 0.3) is 4.96 Å². The highest BCUT2D eigenvalue weighted by molar-refractivity contribution is 7.15. The van der Waals surface area contributed by atoms with Crippen LogP contribution in [0.3, 0.4) is 0 Å². The highest BCUT2D eigenvalue weighted by Crippen LogP contribution is 2.29. The minimum atomic E-state index is 0.278. The first-order valence-corrected chi connectivity index (χ1v) is 7.21. The summed E-state index contributed by atoms with van der Waals surface area (Å²) in [5.41, 5.74) is 6.95. The number of aromatic nitrogens is 2. The Bertz CT molecular complexity index is 535. The van der Waals surface area contributed by atoms with Gasteiger partial charge >= 0.3 is 0 Å². The van der Waals surface area contributed by atoms with Crippen molar-refractivity contribution in [3.8, 4) is 0 Å². The highest BCUT2D eigenvalue weighted by atomic mass is 32.1. The highest BCUT2D eigenvalue weighted by Gasteiger charge is 2.26. The van der Waals surface area contributed by atoms with Crippen molar-refractivity contribution in [3.05, 3.63) is 17.3 Å². The van der Waals surface area contributed by atoms with Crippen LogP contribution in [0.4, 0.5) is 5.82 Å². The second kappa shape index (κ2) is 4.87. The molecule has 0 radical (unpaired) electrons. The summed E-state index contributed by atoms with van der Waals surface area (Å²) in [4.78, 5) is 8.00. The lowest BCUT2D eigenvalue weighted by molar-refractivity contribution is 0.263. The Morgan fingerprint density at radius 3 is 3.22 bits per heavy atom. The van der Waals surface area contributed by atoms with Crippen LogP contribution >= 0.6 is 11.3 Å². The zero-order valence-corrected chi connectivity index (χ0v) is 11.1. The molecule has 1 unspecified atom stereocenters. The van der Waals surface area contributed by atoms with Gasteiger partial charge in [-0.15, -0.1) is 11.3 Å². The smallest absolute Gasteiger partial charge is 0.195 e. The van der Waals surface area contributed by atoms with E-state index in [-0.39, 0.29) is 6.61 Å². The number of rotatable bonds is 4. The SMILES string of the molecule is NCc1c(N2CCC(CCO)C2)nc2sccn12. The van der Waals surface area contributed by atoms with E-state index < -0.39 is 0 Å². The van der Waals surface area contributed by atoms with Crippen LogP contribution in [0.1, 0.15) is 18.5 Å². The first kappa shape index (κ1) is 12.0. The van der Waals surface area contributed by atoms with Gasteiger partial charge < -0.3 is 15.7 Å². The van der Waals surface area contributed by atoms with Gasteiger partial charge in [-0.2, -0.15) is 0 Å². The minimum absolute atomic E-state index is 0.278. The molecule has 0 aliphatic carbocycles. The van der Waals surface area contributed by atoms with E-state index in [1.807, 2.05) is 11.6 Å². The molecule has 0 bridgehead atoms. The molecule has 1 aliphatic rings. The van der Waals surface area contributed by atoms with Crippen LogP contribution in [0.15, 0.2) is 11.6 Å². The average molecular weight is 266 g/mol. The van der Waals surface area contributed by atoms with Crippen molar-refractivity contribution in [3.63, 3.8) is 0 Å². The number of fused-ring (bicyclic) bond motifs is 1.